The third kappa shape index (κ3) is 4.01. The molecule has 0 unspecified atom stereocenters. The number of anilines is 3. The lowest BCUT2D eigenvalue weighted by molar-refractivity contribution is 0.262. The molecule has 0 radical (unpaired) electrons. The van der Waals surface area contributed by atoms with Crippen molar-refractivity contribution in [2.24, 2.45) is 0 Å². The molecule has 0 atom stereocenters. The van der Waals surface area contributed by atoms with Crippen molar-refractivity contribution in [3.05, 3.63) is 79.1 Å². The van der Waals surface area contributed by atoms with Crippen molar-refractivity contribution in [1.29, 1.82) is 0 Å². The van der Waals surface area contributed by atoms with Crippen LogP contribution in [0.4, 0.5) is 22.1 Å². The van der Waals surface area contributed by atoms with Crippen LogP contribution in [0.15, 0.2) is 77.8 Å². The van der Waals surface area contributed by atoms with Crippen LogP contribution in [-0.2, 0) is 5.41 Å². The fraction of sp³-hybridized carbons (Fsp3) is 0.143. The van der Waals surface area contributed by atoms with E-state index in [0.29, 0.717) is 28.6 Å². The zero-order valence-corrected chi connectivity index (χ0v) is 21.1. The van der Waals surface area contributed by atoms with Crippen LogP contribution < -0.4 is 16.4 Å². The summed E-state index contributed by atoms with van der Waals surface area (Å²) in [7, 11) is 0. The molecular weight excluding hydrogens is 480 g/mol. The monoisotopic (exact) mass is 506 g/mol. The van der Waals surface area contributed by atoms with Gasteiger partial charge in [0.15, 0.2) is 5.58 Å². The van der Waals surface area contributed by atoms with Crippen LogP contribution in [0.2, 0.25) is 0 Å². The maximum Gasteiger partial charge on any atom is 0.324 e. The van der Waals surface area contributed by atoms with E-state index in [9.17, 15) is 4.79 Å². The third-order valence-electron chi connectivity index (χ3n) is 6.37. The van der Waals surface area contributed by atoms with Crippen molar-refractivity contribution in [2.45, 2.75) is 26.2 Å². The second-order valence-electron chi connectivity index (χ2n) is 10.0. The SMILES string of the molecule is CC(C)(C)c1cc(NC(=O)Nc2ccc(-c3c[nH]c4ncnc(N)c34)c3ccoc23)n(-c2ccccc2)n1. The highest BCUT2D eigenvalue weighted by Gasteiger charge is 2.22. The van der Waals surface area contributed by atoms with Gasteiger partial charge in [-0.05, 0) is 29.8 Å². The predicted molar refractivity (Wildman–Crippen MR) is 148 cm³/mol. The lowest BCUT2D eigenvalue weighted by Gasteiger charge is -2.14. The van der Waals surface area contributed by atoms with E-state index in [1.165, 1.54) is 6.33 Å². The number of hydrogen-bond donors (Lipinski definition) is 4. The van der Waals surface area contributed by atoms with Gasteiger partial charge in [0, 0.05) is 28.6 Å². The molecule has 0 spiro atoms. The predicted octanol–water partition coefficient (Wildman–Crippen LogP) is 6.08. The van der Waals surface area contributed by atoms with Crippen LogP contribution in [0, 0.1) is 0 Å². The molecule has 0 aliphatic rings. The molecule has 0 fully saturated rings. The summed E-state index contributed by atoms with van der Waals surface area (Å²) < 4.78 is 7.52. The van der Waals surface area contributed by atoms with E-state index >= 15 is 0 Å². The number of carbonyl (C=O) groups is 1. The molecule has 0 aliphatic carbocycles. The minimum Gasteiger partial charge on any atom is -0.462 e. The number of carbonyl (C=O) groups excluding carboxylic acids is 1. The maximum atomic E-state index is 13.2. The molecule has 190 valence electrons. The summed E-state index contributed by atoms with van der Waals surface area (Å²) in [5.41, 5.74) is 11.1. The van der Waals surface area contributed by atoms with Gasteiger partial charge in [-0.25, -0.2) is 19.4 Å². The summed E-state index contributed by atoms with van der Waals surface area (Å²) >= 11 is 0. The van der Waals surface area contributed by atoms with E-state index in [0.717, 1.165) is 33.3 Å². The molecular formula is C28H26N8O2. The van der Waals surface area contributed by atoms with Gasteiger partial charge in [-0.3, -0.25) is 5.32 Å². The van der Waals surface area contributed by atoms with E-state index in [-0.39, 0.29) is 5.41 Å². The smallest absolute Gasteiger partial charge is 0.324 e. The van der Waals surface area contributed by atoms with Gasteiger partial charge in [-0.2, -0.15) is 5.10 Å². The Kier molecular flexibility index (Phi) is 5.37. The molecule has 4 heterocycles. The number of nitrogens with zero attached hydrogens (tertiary/aromatic N) is 4. The standard InChI is InChI=1S/C28H26N8O2/c1-28(2,3)21-13-22(36(35-21)16-7-5-4-6-8-16)34-27(37)33-20-10-9-17(18-11-12-38-24(18)20)19-14-30-26-23(19)25(29)31-15-32-26/h4-15H,1-3H3,(H2,33,34,37)(H3,29,30,31,32). The van der Waals surface area contributed by atoms with Gasteiger partial charge in [0.2, 0.25) is 0 Å². The summed E-state index contributed by atoms with van der Waals surface area (Å²) in [5, 5.41) is 12.2. The normalized spacial score (nSPS) is 11.8. The van der Waals surface area contributed by atoms with Crippen molar-refractivity contribution in [1.82, 2.24) is 24.7 Å². The van der Waals surface area contributed by atoms with E-state index in [1.807, 2.05) is 54.7 Å². The Morgan fingerprint density at radius 3 is 2.63 bits per heavy atom. The quantitative estimate of drug-likeness (QED) is 0.228. The number of hydrogen-bond acceptors (Lipinski definition) is 6. The molecule has 0 aliphatic heterocycles. The number of nitrogen functional groups attached to an aromatic ring is 1. The molecule has 6 aromatic rings. The molecule has 5 N–H and O–H groups in total. The Bertz CT molecular complexity index is 1790. The van der Waals surface area contributed by atoms with E-state index in [1.54, 1.807) is 17.0 Å². The zero-order chi connectivity index (χ0) is 26.4. The van der Waals surface area contributed by atoms with Crippen molar-refractivity contribution in [3.8, 4) is 16.8 Å². The molecule has 2 amide bonds. The lowest BCUT2D eigenvalue weighted by atomic mass is 9.92. The van der Waals surface area contributed by atoms with Crippen molar-refractivity contribution >= 4 is 45.4 Å². The fourth-order valence-corrected chi connectivity index (χ4v) is 4.47. The first-order valence-corrected chi connectivity index (χ1v) is 12.1. The summed E-state index contributed by atoms with van der Waals surface area (Å²) in [6.45, 7) is 6.24. The second-order valence-corrected chi connectivity index (χ2v) is 10.0. The molecule has 10 heteroatoms. The molecule has 6 rings (SSSR count). The van der Waals surface area contributed by atoms with Gasteiger partial charge in [0.25, 0.3) is 0 Å². The van der Waals surface area contributed by atoms with Crippen molar-refractivity contribution < 1.29 is 9.21 Å². The van der Waals surface area contributed by atoms with Crippen LogP contribution in [0.25, 0.3) is 38.8 Å². The minimum atomic E-state index is -0.419. The van der Waals surface area contributed by atoms with Gasteiger partial charge in [0.05, 0.1) is 28.7 Å². The van der Waals surface area contributed by atoms with Gasteiger partial charge in [0.1, 0.15) is 23.6 Å². The van der Waals surface area contributed by atoms with Crippen molar-refractivity contribution in [2.75, 3.05) is 16.4 Å². The average molecular weight is 507 g/mol. The number of nitrogens with one attached hydrogen (secondary N) is 3. The first-order chi connectivity index (χ1) is 18.3. The highest BCUT2D eigenvalue weighted by atomic mass is 16.3. The maximum absolute atomic E-state index is 13.2. The zero-order valence-electron chi connectivity index (χ0n) is 21.1. The number of rotatable bonds is 4. The number of H-pyrrole nitrogens is 1. The first-order valence-electron chi connectivity index (χ1n) is 12.1. The number of furan rings is 1. The topological polar surface area (TPSA) is 140 Å². The van der Waals surface area contributed by atoms with Gasteiger partial charge < -0.3 is 20.5 Å². The van der Waals surface area contributed by atoms with Gasteiger partial charge in [-0.1, -0.05) is 45.0 Å². The highest BCUT2D eigenvalue weighted by molar-refractivity contribution is 6.11. The molecule has 0 saturated heterocycles. The summed E-state index contributed by atoms with van der Waals surface area (Å²) in [5.74, 6) is 0.939. The Labute approximate surface area is 217 Å². The molecule has 10 nitrogen and oxygen atoms in total. The molecule has 2 aromatic carbocycles. The Balaban J connectivity index is 1.33. The first kappa shape index (κ1) is 23.3. The Morgan fingerprint density at radius 1 is 1.03 bits per heavy atom. The number of aromatic amines is 1. The number of urea groups is 1. The average Bonchev–Trinajstić information content (AvgIpc) is 3.64. The Morgan fingerprint density at radius 2 is 1.84 bits per heavy atom. The lowest BCUT2D eigenvalue weighted by Crippen LogP contribution is -2.21. The summed E-state index contributed by atoms with van der Waals surface area (Å²) in [6.07, 6.45) is 4.85. The van der Waals surface area contributed by atoms with E-state index in [2.05, 4.69) is 46.4 Å². The molecule has 0 saturated carbocycles. The number of para-hydroxylation sites is 1. The second kappa shape index (κ2) is 8.77. The van der Waals surface area contributed by atoms with Crippen LogP contribution >= 0.6 is 0 Å². The van der Waals surface area contributed by atoms with Crippen LogP contribution in [0.5, 0.6) is 0 Å². The summed E-state index contributed by atoms with van der Waals surface area (Å²) in [6, 6.07) is 16.7. The Hall–Kier alpha value is -5.12. The van der Waals surface area contributed by atoms with Gasteiger partial charge >= 0.3 is 6.03 Å². The van der Waals surface area contributed by atoms with Crippen molar-refractivity contribution in [3.63, 3.8) is 0 Å². The van der Waals surface area contributed by atoms with Crippen LogP contribution in [-0.4, -0.2) is 30.8 Å². The van der Waals surface area contributed by atoms with Crippen LogP contribution in [0.1, 0.15) is 26.5 Å². The molecule has 4 aromatic heterocycles. The number of aromatic nitrogens is 5. The number of fused-ring (bicyclic) bond motifs is 2. The van der Waals surface area contributed by atoms with E-state index in [4.69, 9.17) is 15.2 Å². The highest BCUT2D eigenvalue weighted by Crippen LogP contribution is 2.38. The largest absolute Gasteiger partial charge is 0.462 e. The number of benzene rings is 2. The summed E-state index contributed by atoms with van der Waals surface area (Å²) in [4.78, 5) is 24.7. The molecule has 0 bridgehead atoms. The fourth-order valence-electron chi connectivity index (χ4n) is 4.47. The number of nitrogens with two attached hydrogens (primary N) is 1. The minimum absolute atomic E-state index is 0.195. The third-order valence-corrected chi connectivity index (χ3v) is 6.37. The molecule has 38 heavy (non-hydrogen) atoms. The van der Waals surface area contributed by atoms with Crippen LogP contribution in [0.3, 0.4) is 0 Å². The van der Waals surface area contributed by atoms with Gasteiger partial charge in [-0.15, -0.1) is 0 Å². The number of amides is 2. The van der Waals surface area contributed by atoms with E-state index < -0.39 is 6.03 Å².